The van der Waals surface area contributed by atoms with E-state index in [2.05, 4.69) is 29.4 Å². The van der Waals surface area contributed by atoms with Crippen molar-refractivity contribution < 1.29 is 4.74 Å². The van der Waals surface area contributed by atoms with Crippen molar-refractivity contribution >= 4 is 18.1 Å². The third-order valence-electron chi connectivity index (χ3n) is 4.15. The predicted octanol–water partition coefficient (Wildman–Crippen LogP) is 1.57. The first kappa shape index (κ1) is 20.0. The van der Waals surface area contributed by atoms with Crippen molar-refractivity contribution in [3.8, 4) is 5.88 Å². The predicted molar refractivity (Wildman–Crippen MR) is 102 cm³/mol. The van der Waals surface area contributed by atoms with E-state index >= 15 is 0 Å². The van der Waals surface area contributed by atoms with Crippen LogP contribution in [0.4, 0.5) is 0 Å². The van der Waals surface area contributed by atoms with Gasteiger partial charge in [0.2, 0.25) is 5.88 Å². The van der Waals surface area contributed by atoms with Crippen molar-refractivity contribution in [2.24, 2.45) is 7.05 Å². The Kier molecular flexibility index (Phi) is 6.44. The third kappa shape index (κ3) is 3.76. The molecule has 0 aromatic carbocycles. The van der Waals surface area contributed by atoms with E-state index in [9.17, 15) is 4.79 Å². The zero-order valence-electron chi connectivity index (χ0n) is 15.5. The fraction of sp³-hybridized carbons (Fsp3) is 0.471. The van der Waals surface area contributed by atoms with Gasteiger partial charge in [-0.15, -0.1) is 17.5 Å². The summed E-state index contributed by atoms with van der Waals surface area (Å²) in [5.74, 6) is 1.08. The molecule has 0 aliphatic carbocycles. The summed E-state index contributed by atoms with van der Waals surface area (Å²) in [4.78, 5) is 12.2. The van der Waals surface area contributed by atoms with Crippen LogP contribution in [-0.4, -0.2) is 37.6 Å². The number of methoxy groups -OCH3 is 1. The Bertz CT molecular complexity index is 927. The lowest BCUT2D eigenvalue weighted by molar-refractivity contribution is 0.367. The summed E-state index contributed by atoms with van der Waals surface area (Å²) < 4.78 is 10.3. The monoisotopic (exact) mass is 380 g/mol. The number of pyridine rings is 1. The van der Waals surface area contributed by atoms with Crippen molar-refractivity contribution in [3.05, 3.63) is 46.1 Å². The molecular formula is C17H25ClN6O2. The number of aromatic nitrogens is 5. The highest BCUT2D eigenvalue weighted by molar-refractivity contribution is 5.85. The van der Waals surface area contributed by atoms with E-state index in [1.54, 1.807) is 22.4 Å². The maximum absolute atomic E-state index is 12.2. The van der Waals surface area contributed by atoms with Crippen LogP contribution >= 0.6 is 12.4 Å². The molecule has 0 radical (unpaired) electrons. The van der Waals surface area contributed by atoms with Crippen molar-refractivity contribution in [2.75, 3.05) is 13.7 Å². The van der Waals surface area contributed by atoms with Crippen molar-refractivity contribution in [1.29, 1.82) is 0 Å². The van der Waals surface area contributed by atoms with E-state index < -0.39 is 0 Å². The second kappa shape index (κ2) is 8.37. The van der Waals surface area contributed by atoms with Gasteiger partial charge in [0.15, 0.2) is 5.65 Å². The Morgan fingerprint density at radius 2 is 2.04 bits per heavy atom. The van der Waals surface area contributed by atoms with E-state index in [0.717, 1.165) is 17.1 Å². The SMILES string of the molecule is COc1c(CNCCn2nc3ccccn3c2=O)c(C(C)C)nn1C.Cl. The van der Waals surface area contributed by atoms with Crippen LogP contribution in [-0.2, 0) is 20.1 Å². The molecule has 0 saturated carbocycles. The fourth-order valence-electron chi connectivity index (χ4n) is 2.97. The molecule has 0 unspecified atom stereocenters. The maximum Gasteiger partial charge on any atom is 0.350 e. The first-order chi connectivity index (χ1) is 12.0. The van der Waals surface area contributed by atoms with E-state index in [1.807, 2.05) is 25.2 Å². The molecule has 8 nitrogen and oxygen atoms in total. The maximum atomic E-state index is 12.2. The Labute approximate surface area is 158 Å². The van der Waals surface area contributed by atoms with Crippen molar-refractivity contribution in [1.82, 2.24) is 29.3 Å². The molecule has 26 heavy (non-hydrogen) atoms. The molecule has 0 atom stereocenters. The van der Waals surface area contributed by atoms with Crippen LogP contribution in [0.3, 0.4) is 0 Å². The summed E-state index contributed by atoms with van der Waals surface area (Å²) in [6.07, 6.45) is 1.73. The number of fused-ring (bicyclic) bond motifs is 1. The fourth-order valence-corrected chi connectivity index (χ4v) is 2.97. The molecule has 0 fully saturated rings. The van der Waals surface area contributed by atoms with E-state index in [1.165, 1.54) is 4.68 Å². The summed E-state index contributed by atoms with van der Waals surface area (Å²) in [5, 5.41) is 12.2. The number of nitrogens with zero attached hydrogens (tertiary/aromatic N) is 5. The van der Waals surface area contributed by atoms with Gasteiger partial charge < -0.3 is 10.1 Å². The third-order valence-corrected chi connectivity index (χ3v) is 4.15. The minimum absolute atomic E-state index is 0. The van der Waals surface area contributed by atoms with Gasteiger partial charge in [-0.25, -0.2) is 14.2 Å². The molecule has 3 rings (SSSR count). The number of halogens is 1. The van der Waals surface area contributed by atoms with Crippen LogP contribution in [0, 0.1) is 0 Å². The van der Waals surface area contributed by atoms with Crippen LogP contribution < -0.4 is 15.7 Å². The molecule has 1 N–H and O–H groups in total. The van der Waals surface area contributed by atoms with Gasteiger partial charge >= 0.3 is 5.69 Å². The molecule has 142 valence electrons. The molecule has 0 aliphatic rings. The number of ether oxygens (including phenoxy) is 1. The standard InChI is InChI=1S/C17H24N6O2.ClH/c1-12(2)15-13(16(25-4)21(3)20-15)11-18-8-10-23-17(24)22-9-6-5-7-14(22)19-23;/h5-7,9,12,18H,8,10-11H2,1-4H3;1H. The van der Waals surface area contributed by atoms with Gasteiger partial charge in [-0.3, -0.25) is 4.40 Å². The first-order valence-corrected chi connectivity index (χ1v) is 8.37. The number of hydrogen-bond acceptors (Lipinski definition) is 5. The smallest absolute Gasteiger partial charge is 0.350 e. The summed E-state index contributed by atoms with van der Waals surface area (Å²) in [5.41, 5.74) is 2.61. The van der Waals surface area contributed by atoms with Crippen molar-refractivity contribution in [3.63, 3.8) is 0 Å². The summed E-state index contributed by atoms with van der Waals surface area (Å²) in [6, 6.07) is 5.51. The molecule has 3 heterocycles. The average molecular weight is 381 g/mol. The molecule has 0 amide bonds. The van der Waals surface area contributed by atoms with Gasteiger partial charge in [-0.05, 0) is 18.1 Å². The lowest BCUT2D eigenvalue weighted by Crippen LogP contribution is -2.27. The topological polar surface area (TPSA) is 78.4 Å². The minimum atomic E-state index is -0.126. The van der Waals surface area contributed by atoms with Crippen LogP contribution in [0.5, 0.6) is 5.88 Å². The van der Waals surface area contributed by atoms with Gasteiger partial charge in [-0.1, -0.05) is 19.9 Å². The van der Waals surface area contributed by atoms with E-state index in [-0.39, 0.29) is 18.1 Å². The van der Waals surface area contributed by atoms with Gasteiger partial charge in [0, 0.05) is 26.3 Å². The average Bonchev–Trinajstić information content (AvgIpc) is 3.09. The molecule has 0 aliphatic heterocycles. The minimum Gasteiger partial charge on any atom is -0.481 e. The van der Waals surface area contributed by atoms with Gasteiger partial charge in [0.25, 0.3) is 0 Å². The van der Waals surface area contributed by atoms with Gasteiger partial charge in [0.1, 0.15) is 0 Å². The molecule has 3 aromatic heterocycles. The zero-order chi connectivity index (χ0) is 18.0. The Hall–Kier alpha value is -2.32. The molecule has 3 aromatic rings. The van der Waals surface area contributed by atoms with E-state index in [0.29, 0.717) is 31.2 Å². The largest absolute Gasteiger partial charge is 0.481 e. The summed E-state index contributed by atoms with van der Waals surface area (Å²) in [7, 11) is 3.53. The summed E-state index contributed by atoms with van der Waals surface area (Å²) in [6.45, 7) is 5.98. The highest BCUT2D eigenvalue weighted by atomic mass is 35.5. The quantitative estimate of drug-likeness (QED) is 0.629. The van der Waals surface area contributed by atoms with Crippen molar-refractivity contribution in [2.45, 2.75) is 32.9 Å². The van der Waals surface area contributed by atoms with Crippen LogP contribution in [0.1, 0.15) is 31.0 Å². The lowest BCUT2D eigenvalue weighted by atomic mass is 10.1. The van der Waals surface area contributed by atoms with Gasteiger partial charge in [-0.2, -0.15) is 5.10 Å². The zero-order valence-corrected chi connectivity index (χ0v) is 16.3. The van der Waals surface area contributed by atoms with E-state index in [4.69, 9.17) is 4.74 Å². The number of rotatable bonds is 7. The molecule has 0 spiro atoms. The number of nitrogens with one attached hydrogen (secondary N) is 1. The van der Waals surface area contributed by atoms with Crippen LogP contribution in [0.25, 0.3) is 5.65 Å². The summed E-state index contributed by atoms with van der Waals surface area (Å²) >= 11 is 0. The second-order valence-electron chi connectivity index (χ2n) is 6.26. The van der Waals surface area contributed by atoms with Gasteiger partial charge in [0.05, 0.1) is 24.9 Å². The Morgan fingerprint density at radius 1 is 1.27 bits per heavy atom. The highest BCUT2D eigenvalue weighted by Gasteiger charge is 2.18. The molecule has 0 saturated heterocycles. The van der Waals surface area contributed by atoms with Crippen LogP contribution in [0.15, 0.2) is 29.2 Å². The molecule has 9 heteroatoms. The number of hydrogen-bond donors (Lipinski definition) is 1. The highest BCUT2D eigenvalue weighted by Crippen LogP contribution is 2.26. The molecular weight excluding hydrogens is 356 g/mol. The van der Waals surface area contributed by atoms with Crippen LogP contribution in [0.2, 0.25) is 0 Å². The normalized spacial score (nSPS) is 11.1. The Balaban J connectivity index is 0.00000243. The molecule has 0 bridgehead atoms. The number of aryl methyl sites for hydroxylation is 1. The first-order valence-electron chi connectivity index (χ1n) is 8.37. The lowest BCUT2D eigenvalue weighted by Gasteiger charge is -2.09. The second-order valence-corrected chi connectivity index (χ2v) is 6.26. The Morgan fingerprint density at radius 3 is 2.69 bits per heavy atom.